The summed E-state index contributed by atoms with van der Waals surface area (Å²) in [4.78, 5) is 16.6. The highest BCUT2D eigenvalue weighted by molar-refractivity contribution is 5.92. The number of carbonyl (C=O) groups is 1. The number of piperidine rings is 2. The number of amides is 1. The number of likely N-dealkylation sites (tertiary alicyclic amines) is 2. The summed E-state index contributed by atoms with van der Waals surface area (Å²) in [5, 5.41) is 22.3. The molecular weight excluding hydrogens is 380 g/mol. The first kappa shape index (κ1) is 21.2. The van der Waals surface area contributed by atoms with Crippen molar-refractivity contribution >= 4 is 12.0 Å². The number of nitrogens with zero attached hydrogens (tertiary/aromatic N) is 2. The molecule has 2 atom stereocenters. The normalized spacial score (nSPS) is 27.0. The Labute approximate surface area is 179 Å². The summed E-state index contributed by atoms with van der Waals surface area (Å²) >= 11 is 0. The fourth-order valence-electron chi connectivity index (χ4n) is 4.96. The standard InChI is InChI=1S/C24H34N2O4/c1-24(2)23(29)21(26-15-7-4-8-16-26)20-18(30-24)11-9-17(22(20)28)10-12-19(27)25-13-5-3-6-14-25/h9-12,21,23,28-29H,3-8,13-16H2,1-2H3/b12-10+. The molecule has 1 amide bonds. The van der Waals surface area contributed by atoms with Crippen molar-refractivity contribution in [2.24, 2.45) is 0 Å². The van der Waals surface area contributed by atoms with E-state index < -0.39 is 11.7 Å². The Morgan fingerprint density at radius 2 is 1.70 bits per heavy atom. The largest absolute Gasteiger partial charge is 0.507 e. The number of aliphatic hydroxyl groups excluding tert-OH is 1. The van der Waals surface area contributed by atoms with Gasteiger partial charge in [0, 0.05) is 24.7 Å². The van der Waals surface area contributed by atoms with E-state index in [-0.39, 0.29) is 17.7 Å². The lowest BCUT2D eigenvalue weighted by Gasteiger charge is -2.47. The summed E-state index contributed by atoms with van der Waals surface area (Å²) in [5.74, 6) is 0.690. The second kappa shape index (κ2) is 8.60. The molecule has 6 nitrogen and oxygen atoms in total. The van der Waals surface area contributed by atoms with Crippen molar-refractivity contribution in [2.45, 2.75) is 70.1 Å². The van der Waals surface area contributed by atoms with E-state index in [1.165, 1.54) is 12.8 Å². The van der Waals surface area contributed by atoms with Crippen molar-refractivity contribution in [3.8, 4) is 11.5 Å². The predicted molar refractivity (Wildman–Crippen MR) is 116 cm³/mol. The van der Waals surface area contributed by atoms with Crippen LogP contribution in [0.1, 0.15) is 69.5 Å². The molecule has 3 heterocycles. The maximum atomic E-state index is 12.5. The topological polar surface area (TPSA) is 73.2 Å². The number of hydrogen-bond donors (Lipinski definition) is 2. The molecule has 0 aromatic heterocycles. The molecule has 2 unspecified atom stereocenters. The van der Waals surface area contributed by atoms with Gasteiger partial charge in [-0.2, -0.15) is 0 Å². The average molecular weight is 415 g/mol. The Kier molecular flexibility index (Phi) is 6.07. The van der Waals surface area contributed by atoms with Gasteiger partial charge >= 0.3 is 0 Å². The van der Waals surface area contributed by atoms with Gasteiger partial charge in [0.25, 0.3) is 0 Å². The number of carbonyl (C=O) groups excluding carboxylic acids is 1. The zero-order chi connectivity index (χ0) is 21.3. The second-order valence-electron chi connectivity index (χ2n) is 9.33. The van der Waals surface area contributed by atoms with Crippen molar-refractivity contribution in [3.63, 3.8) is 0 Å². The minimum Gasteiger partial charge on any atom is -0.507 e. The molecule has 1 aromatic rings. The number of phenolic OH excluding ortho intramolecular Hbond substituents is 1. The number of aliphatic hydroxyl groups is 1. The zero-order valence-electron chi connectivity index (χ0n) is 18.1. The van der Waals surface area contributed by atoms with Crippen molar-refractivity contribution in [1.29, 1.82) is 0 Å². The molecule has 6 heteroatoms. The molecule has 3 aliphatic rings. The molecule has 4 rings (SSSR count). The van der Waals surface area contributed by atoms with Gasteiger partial charge in [0.1, 0.15) is 23.2 Å². The van der Waals surface area contributed by atoms with Crippen molar-refractivity contribution in [3.05, 3.63) is 29.3 Å². The third kappa shape index (κ3) is 4.08. The number of aromatic hydroxyl groups is 1. The van der Waals surface area contributed by atoms with E-state index >= 15 is 0 Å². The molecule has 0 radical (unpaired) electrons. The van der Waals surface area contributed by atoms with E-state index in [0.717, 1.165) is 51.9 Å². The fraction of sp³-hybridized carbons (Fsp3) is 0.625. The van der Waals surface area contributed by atoms with E-state index in [2.05, 4.69) is 4.90 Å². The number of ether oxygens (including phenoxy) is 1. The van der Waals surface area contributed by atoms with Gasteiger partial charge in [-0.15, -0.1) is 0 Å². The van der Waals surface area contributed by atoms with Crippen LogP contribution in [0.2, 0.25) is 0 Å². The first-order valence-electron chi connectivity index (χ1n) is 11.3. The molecule has 3 aliphatic heterocycles. The van der Waals surface area contributed by atoms with Gasteiger partial charge in [-0.1, -0.05) is 6.42 Å². The Morgan fingerprint density at radius 1 is 1.07 bits per heavy atom. The van der Waals surface area contributed by atoms with Crippen LogP contribution in [0.25, 0.3) is 6.08 Å². The summed E-state index contributed by atoms with van der Waals surface area (Å²) < 4.78 is 6.07. The minimum absolute atomic E-state index is 0.0168. The highest BCUT2D eigenvalue weighted by atomic mass is 16.5. The highest BCUT2D eigenvalue weighted by Crippen LogP contribution is 2.48. The first-order valence-corrected chi connectivity index (χ1v) is 11.3. The molecule has 1 aromatic carbocycles. The summed E-state index contributed by atoms with van der Waals surface area (Å²) in [7, 11) is 0. The van der Waals surface area contributed by atoms with Crippen molar-refractivity contribution in [1.82, 2.24) is 9.80 Å². The lowest BCUT2D eigenvalue weighted by Crippen LogP contribution is -2.54. The van der Waals surface area contributed by atoms with Crippen molar-refractivity contribution < 1.29 is 19.7 Å². The summed E-state index contributed by atoms with van der Waals surface area (Å²) in [5.41, 5.74) is 0.469. The zero-order valence-corrected chi connectivity index (χ0v) is 18.1. The number of phenols is 1. The lowest BCUT2D eigenvalue weighted by molar-refractivity contribution is -0.126. The molecule has 2 N–H and O–H groups in total. The van der Waals surface area contributed by atoms with Gasteiger partial charge in [-0.05, 0) is 77.2 Å². The van der Waals surface area contributed by atoms with E-state index in [0.29, 0.717) is 16.9 Å². The van der Waals surface area contributed by atoms with E-state index in [9.17, 15) is 15.0 Å². The second-order valence-corrected chi connectivity index (χ2v) is 9.33. The molecule has 30 heavy (non-hydrogen) atoms. The van der Waals surface area contributed by atoms with Crippen LogP contribution in [0.3, 0.4) is 0 Å². The van der Waals surface area contributed by atoms with E-state index in [1.54, 1.807) is 18.2 Å². The molecule has 0 saturated carbocycles. The summed E-state index contributed by atoms with van der Waals surface area (Å²) in [6.45, 7) is 7.16. The Balaban J connectivity index is 1.65. The maximum absolute atomic E-state index is 12.5. The fourth-order valence-corrected chi connectivity index (χ4v) is 4.96. The smallest absolute Gasteiger partial charge is 0.246 e. The molecule has 0 bridgehead atoms. The number of hydrogen-bond acceptors (Lipinski definition) is 5. The highest BCUT2D eigenvalue weighted by Gasteiger charge is 2.47. The van der Waals surface area contributed by atoms with Crippen LogP contribution >= 0.6 is 0 Å². The SMILES string of the molecule is CC1(C)Oc2ccc(/C=C/C(=O)N3CCCCC3)c(O)c2C(N2CCCCC2)C1O. The molecule has 2 fully saturated rings. The number of benzene rings is 1. The lowest BCUT2D eigenvalue weighted by atomic mass is 9.83. The van der Waals surface area contributed by atoms with E-state index in [1.807, 2.05) is 24.8 Å². The third-order valence-corrected chi connectivity index (χ3v) is 6.75. The minimum atomic E-state index is -0.761. The van der Waals surface area contributed by atoms with Gasteiger partial charge in [-0.25, -0.2) is 0 Å². The van der Waals surface area contributed by atoms with Crippen LogP contribution in [-0.4, -0.2) is 63.8 Å². The Hall–Kier alpha value is -2.05. The molecular formula is C24H34N2O4. The predicted octanol–water partition coefficient (Wildman–Crippen LogP) is 3.48. The average Bonchev–Trinajstić information content (AvgIpc) is 2.75. The Morgan fingerprint density at radius 3 is 2.37 bits per heavy atom. The van der Waals surface area contributed by atoms with Crippen LogP contribution in [0.15, 0.2) is 18.2 Å². The van der Waals surface area contributed by atoms with Gasteiger partial charge in [-0.3, -0.25) is 9.69 Å². The summed E-state index contributed by atoms with van der Waals surface area (Å²) in [6, 6.07) is 3.31. The van der Waals surface area contributed by atoms with Gasteiger partial charge < -0.3 is 19.8 Å². The van der Waals surface area contributed by atoms with Crippen LogP contribution in [0.5, 0.6) is 11.5 Å². The third-order valence-electron chi connectivity index (χ3n) is 6.75. The van der Waals surface area contributed by atoms with Crippen LogP contribution < -0.4 is 4.74 Å². The monoisotopic (exact) mass is 414 g/mol. The molecule has 0 spiro atoms. The van der Waals surface area contributed by atoms with E-state index in [4.69, 9.17) is 4.74 Å². The van der Waals surface area contributed by atoms with Crippen molar-refractivity contribution in [2.75, 3.05) is 26.2 Å². The number of fused-ring (bicyclic) bond motifs is 1. The van der Waals surface area contributed by atoms with Crippen LogP contribution in [-0.2, 0) is 4.79 Å². The molecule has 2 saturated heterocycles. The quantitative estimate of drug-likeness (QED) is 0.741. The van der Waals surface area contributed by atoms with Gasteiger partial charge in [0.15, 0.2) is 0 Å². The van der Waals surface area contributed by atoms with Gasteiger partial charge in [0.05, 0.1) is 11.6 Å². The summed E-state index contributed by atoms with van der Waals surface area (Å²) in [6.07, 6.45) is 9.12. The van der Waals surface area contributed by atoms with Crippen LogP contribution in [0, 0.1) is 0 Å². The molecule has 164 valence electrons. The van der Waals surface area contributed by atoms with Gasteiger partial charge in [0.2, 0.25) is 5.91 Å². The molecule has 0 aliphatic carbocycles. The van der Waals surface area contributed by atoms with Crippen LogP contribution in [0.4, 0.5) is 0 Å². The first-order chi connectivity index (χ1) is 14.4. The number of rotatable bonds is 3. The Bertz CT molecular complexity index is 808. The maximum Gasteiger partial charge on any atom is 0.246 e.